The van der Waals surface area contributed by atoms with Crippen LogP contribution in [0.15, 0.2) is 59.0 Å². The van der Waals surface area contributed by atoms with E-state index in [-0.39, 0.29) is 24.2 Å². The lowest BCUT2D eigenvalue weighted by Gasteiger charge is -2.20. The third kappa shape index (κ3) is 6.03. The quantitative estimate of drug-likeness (QED) is 0.388. The average molecular weight is 434 g/mol. The molecule has 1 fully saturated rings. The minimum absolute atomic E-state index is 0.0749. The van der Waals surface area contributed by atoms with Crippen molar-refractivity contribution in [2.45, 2.75) is 51.4 Å². The topological polar surface area (TPSA) is 94.3 Å². The first-order chi connectivity index (χ1) is 15.7. The van der Waals surface area contributed by atoms with E-state index in [1.807, 2.05) is 30.3 Å². The molecule has 1 amide bonds. The SMILES string of the molecule is O=C(CCCc1nnc(-c2ccccc2)o1)Oc1ccc(NC(=O)C2CCCCC2)cc1. The number of carbonyl (C=O) groups excluding carboxylic acids is 2. The van der Waals surface area contributed by atoms with Gasteiger partial charge in [-0.1, -0.05) is 37.5 Å². The maximum absolute atomic E-state index is 12.3. The van der Waals surface area contributed by atoms with Crippen LogP contribution in [0.2, 0.25) is 0 Å². The summed E-state index contributed by atoms with van der Waals surface area (Å²) in [6.45, 7) is 0. The summed E-state index contributed by atoms with van der Waals surface area (Å²) in [4.78, 5) is 24.5. The van der Waals surface area contributed by atoms with Crippen LogP contribution in [0.5, 0.6) is 5.75 Å². The third-order valence-corrected chi connectivity index (χ3v) is 5.59. The van der Waals surface area contributed by atoms with Crippen LogP contribution >= 0.6 is 0 Å². The predicted molar refractivity (Wildman–Crippen MR) is 120 cm³/mol. The summed E-state index contributed by atoms with van der Waals surface area (Å²) in [7, 11) is 0. The standard InChI is InChI=1S/C25H27N3O4/c29-23(13-7-12-22-27-28-25(32-22)19-10-5-2-6-11-19)31-21-16-14-20(15-17-21)26-24(30)18-8-3-1-4-9-18/h2,5-6,10-11,14-18H,1,3-4,7-9,12-13H2,(H,26,30). The Morgan fingerprint density at radius 1 is 0.969 bits per heavy atom. The molecule has 1 N–H and O–H groups in total. The summed E-state index contributed by atoms with van der Waals surface area (Å²) in [5, 5.41) is 11.0. The minimum atomic E-state index is -0.327. The average Bonchev–Trinajstić information content (AvgIpc) is 3.30. The zero-order chi connectivity index (χ0) is 22.2. The van der Waals surface area contributed by atoms with Gasteiger partial charge in [0.15, 0.2) is 0 Å². The first-order valence-electron chi connectivity index (χ1n) is 11.2. The van der Waals surface area contributed by atoms with Gasteiger partial charge in [-0.05, 0) is 55.7 Å². The number of aryl methyl sites for hydroxylation is 1. The van der Waals surface area contributed by atoms with E-state index in [0.717, 1.165) is 31.2 Å². The predicted octanol–water partition coefficient (Wildman–Crippen LogP) is 5.18. The molecule has 1 aromatic heterocycles. The molecular formula is C25H27N3O4. The van der Waals surface area contributed by atoms with E-state index in [4.69, 9.17) is 9.15 Å². The molecule has 2 aromatic carbocycles. The normalized spacial score (nSPS) is 14.1. The highest BCUT2D eigenvalue weighted by atomic mass is 16.5. The van der Waals surface area contributed by atoms with E-state index < -0.39 is 0 Å². The van der Waals surface area contributed by atoms with Gasteiger partial charge in [-0.2, -0.15) is 0 Å². The number of rotatable bonds is 8. The Balaban J connectivity index is 1.20. The molecule has 1 heterocycles. The number of nitrogens with zero attached hydrogens (tertiary/aromatic N) is 2. The molecule has 7 heteroatoms. The largest absolute Gasteiger partial charge is 0.427 e. The van der Waals surface area contributed by atoms with Gasteiger partial charge in [0.2, 0.25) is 17.7 Å². The maximum Gasteiger partial charge on any atom is 0.311 e. The van der Waals surface area contributed by atoms with Gasteiger partial charge in [0.05, 0.1) is 0 Å². The fraction of sp³-hybridized carbons (Fsp3) is 0.360. The molecule has 1 aliphatic rings. The summed E-state index contributed by atoms with van der Waals surface area (Å²) in [5.74, 6) is 1.27. The molecule has 0 bridgehead atoms. The molecular weight excluding hydrogens is 406 g/mol. The Labute approximate surface area is 187 Å². The van der Waals surface area contributed by atoms with E-state index >= 15 is 0 Å². The van der Waals surface area contributed by atoms with Gasteiger partial charge >= 0.3 is 5.97 Å². The number of anilines is 1. The molecule has 7 nitrogen and oxygen atoms in total. The Morgan fingerprint density at radius 2 is 1.72 bits per heavy atom. The van der Waals surface area contributed by atoms with Crippen LogP contribution in [0.4, 0.5) is 5.69 Å². The van der Waals surface area contributed by atoms with E-state index in [0.29, 0.717) is 36.1 Å². The highest BCUT2D eigenvalue weighted by Gasteiger charge is 2.21. The molecule has 0 radical (unpaired) electrons. The molecule has 0 atom stereocenters. The Morgan fingerprint density at radius 3 is 2.47 bits per heavy atom. The fourth-order valence-corrected chi connectivity index (χ4v) is 3.83. The van der Waals surface area contributed by atoms with Gasteiger partial charge in [0.1, 0.15) is 5.75 Å². The Kier molecular flexibility index (Phi) is 7.27. The molecule has 4 rings (SSSR count). The molecule has 3 aromatic rings. The van der Waals surface area contributed by atoms with E-state index in [1.54, 1.807) is 24.3 Å². The molecule has 0 saturated heterocycles. The van der Waals surface area contributed by atoms with Gasteiger partial charge in [-0.3, -0.25) is 9.59 Å². The van der Waals surface area contributed by atoms with Crippen LogP contribution in [0.25, 0.3) is 11.5 Å². The molecule has 1 aliphatic carbocycles. The summed E-state index contributed by atoms with van der Waals surface area (Å²) in [6, 6.07) is 16.5. The van der Waals surface area contributed by atoms with Crippen molar-refractivity contribution >= 4 is 17.6 Å². The smallest absolute Gasteiger partial charge is 0.311 e. The number of benzene rings is 2. The number of hydrogen-bond donors (Lipinski definition) is 1. The van der Waals surface area contributed by atoms with Gasteiger partial charge in [-0.25, -0.2) is 0 Å². The van der Waals surface area contributed by atoms with Gasteiger partial charge in [-0.15, -0.1) is 10.2 Å². The Bertz CT molecular complexity index is 1020. The second-order valence-electron chi connectivity index (χ2n) is 8.04. The summed E-state index contributed by atoms with van der Waals surface area (Å²) in [5.41, 5.74) is 1.58. The van der Waals surface area contributed by atoms with Crippen LogP contribution in [0.3, 0.4) is 0 Å². The Hall–Kier alpha value is -3.48. The minimum Gasteiger partial charge on any atom is -0.427 e. The van der Waals surface area contributed by atoms with Crippen LogP contribution in [0, 0.1) is 5.92 Å². The van der Waals surface area contributed by atoms with Crippen LogP contribution in [-0.2, 0) is 16.0 Å². The summed E-state index contributed by atoms with van der Waals surface area (Å²) in [6.07, 6.45) is 6.65. The number of nitrogens with one attached hydrogen (secondary N) is 1. The van der Waals surface area contributed by atoms with Crippen molar-refractivity contribution in [3.63, 3.8) is 0 Å². The van der Waals surface area contributed by atoms with Gasteiger partial charge in [0.25, 0.3) is 0 Å². The van der Waals surface area contributed by atoms with Gasteiger partial charge in [0, 0.05) is 30.0 Å². The van der Waals surface area contributed by atoms with Crippen LogP contribution in [0.1, 0.15) is 50.8 Å². The van der Waals surface area contributed by atoms with E-state index in [1.165, 1.54) is 6.42 Å². The van der Waals surface area contributed by atoms with Crippen LogP contribution in [-0.4, -0.2) is 22.1 Å². The highest BCUT2D eigenvalue weighted by Crippen LogP contribution is 2.25. The summed E-state index contributed by atoms with van der Waals surface area (Å²) >= 11 is 0. The number of carbonyl (C=O) groups is 2. The molecule has 0 aliphatic heterocycles. The third-order valence-electron chi connectivity index (χ3n) is 5.59. The summed E-state index contributed by atoms with van der Waals surface area (Å²) < 4.78 is 11.0. The van der Waals surface area contributed by atoms with E-state index in [9.17, 15) is 9.59 Å². The number of amides is 1. The second-order valence-corrected chi connectivity index (χ2v) is 8.04. The second kappa shape index (κ2) is 10.7. The van der Waals surface area contributed by atoms with Crippen molar-refractivity contribution in [1.82, 2.24) is 10.2 Å². The first kappa shape index (κ1) is 21.7. The molecule has 166 valence electrons. The number of ether oxygens (including phenoxy) is 1. The lowest BCUT2D eigenvalue weighted by atomic mass is 9.88. The lowest BCUT2D eigenvalue weighted by molar-refractivity contribution is -0.134. The van der Waals surface area contributed by atoms with Crippen molar-refractivity contribution in [2.75, 3.05) is 5.32 Å². The molecule has 32 heavy (non-hydrogen) atoms. The number of aromatic nitrogens is 2. The molecule has 0 unspecified atom stereocenters. The number of esters is 1. The van der Waals surface area contributed by atoms with Crippen LogP contribution < -0.4 is 10.1 Å². The first-order valence-corrected chi connectivity index (χ1v) is 11.2. The van der Waals surface area contributed by atoms with Crippen molar-refractivity contribution in [2.24, 2.45) is 5.92 Å². The highest BCUT2D eigenvalue weighted by molar-refractivity contribution is 5.92. The molecule has 0 spiro atoms. The molecule has 1 saturated carbocycles. The zero-order valence-corrected chi connectivity index (χ0v) is 18.0. The van der Waals surface area contributed by atoms with Gasteiger partial charge < -0.3 is 14.5 Å². The van der Waals surface area contributed by atoms with Crippen molar-refractivity contribution in [3.05, 3.63) is 60.5 Å². The van der Waals surface area contributed by atoms with E-state index in [2.05, 4.69) is 15.5 Å². The van der Waals surface area contributed by atoms with Crippen molar-refractivity contribution in [3.8, 4) is 17.2 Å². The maximum atomic E-state index is 12.3. The monoisotopic (exact) mass is 433 g/mol. The van der Waals surface area contributed by atoms with Crippen molar-refractivity contribution in [1.29, 1.82) is 0 Å². The fourth-order valence-electron chi connectivity index (χ4n) is 3.83. The zero-order valence-electron chi connectivity index (χ0n) is 18.0. The van der Waals surface area contributed by atoms with Crippen molar-refractivity contribution < 1.29 is 18.7 Å². The number of hydrogen-bond acceptors (Lipinski definition) is 6. The lowest BCUT2D eigenvalue weighted by Crippen LogP contribution is -2.24.